The predicted molar refractivity (Wildman–Crippen MR) is 69.2 cm³/mol. The summed E-state index contributed by atoms with van der Waals surface area (Å²) >= 11 is 8.50. The van der Waals surface area contributed by atoms with E-state index in [0.29, 0.717) is 0 Å². The summed E-state index contributed by atoms with van der Waals surface area (Å²) in [6, 6.07) is 5.66. The topological polar surface area (TPSA) is 39.2 Å². The van der Waals surface area contributed by atoms with Gasteiger partial charge in [-0.25, -0.2) is 0 Å². The van der Waals surface area contributed by atoms with Crippen molar-refractivity contribution in [3.63, 3.8) is 0 Å². The lowest BCUT2D eigenvalue weighted by atomic mass is 10.2. The van der Waals surface area contributed by atoms with Crippen molar-refractivity contribution >= 4 is 43.2 Å². The molecule has 0 amide bonds. The van der Waals surface area contributed by atoms with Gasteiger partial charge in [0.15, 0.2) is 0 Å². The molecule has 2 nitrogen and oxygen atoms in total. The summed E-state index contributed by atoms with van der Waals surface area (Å²) in [5, 5.41) is 0. The monoisotopic (exact) mass is 349 g/mol. The zero-order valence-electron chi connectivity index (χ0n) is 7.96. The van der Waals surface area contributed by atoms with Gasteiger partial charge < -0.3 is 10.2 Å². The molecule has 5 heteroatoms. The Kier molecular flexibility index (Phi) is 3.35. The Balaban J connectivity index is 2.31. The highest BCUT2D eigenvalue weighted by molar-refractivity contribution is 9.13. The Labute approximate surface area is 109 Å². The van der Waals surface area contributed by atoms with Crippen LogP contribution in [0.1, 0.15) is 22.4 Å². The molecule has 1 unspecified atom stereocenters. The summed E-state index contributed by atoms with van der Waals surface area (Å²) in [7, 11) is 0. The van der Waals surface area contributed by atoms with Crippen molar-refractivity contribution in [2.75, 3.05) is 0 Å². The highest BCUT2D eigenvalue weighted by Crippen LogP contribution is 2.36. The second kappa shape index (κ2) is 4.41. The molecule has 0 aliphatic carbocycles. The van der Waals surface area contributed by atoms with Gasteiger partial charge in [0.05, 0.1) is 9.83 Å². The van der Waals surface area contributed by atoms with Gasteiger partial charge >= 0.3 is 0 Å². The Bertz CT molecular complexity index is 458. The van der Waals surface area contributed by atoms with Gasteiger partial charge in [-0.15, -0.1) is 11.3 Å². The van der Waals surface area contributed by atoms with Crippen LogP contribution in [0.4, 0.5) is 0 Å². The van der Waals surface area contributed by atoms with E-state index in [9.17, 15) is 0 Å². The number of rotatable bonds is 2. The van der Waals surface area contributed by atoms with Gasteiger partial charge in [-0.3, -0.25) is 0 Å². The van der Waals surface area contributed by atoms with Gasteiger partial charge in [0.1, 0.15) is 11.5 Å². The average molecular weight is 351 g/mol. The van der Waals surface area contributed by atoms with Crippen molar-refractivity contribution in [1.29, 1.82) is 0 Å². The lowest BCUT2D eigenvalue weighted by molar-refractivity contribution is 0.468. The Morgan fingerprint density at radius 2 is 2.13 bits per heavy atom. The summed E-state index contributed by atoms with van der Waals surface area (Å²) in [6.07, 6.45) is 0. The van der Waals surface area contributed by atoms with Crippen LogP contribution in [-0.2, 0) is 0 Å². The molecule has 2 heterocycles. The number of furan rings is 1. The first-order valence-electron chi connectivity index (χ1n) is 4.34. The summed E-state index contributed by atoms with van der Waals surface area (Å²) in [5.74, 6) is 1.68. The maximum Gasteiger partial charge on any atom is 0.126 e. The molecule has 0 aliphatic heterocycles. The van der Waals surface area contributed by atoms with E-state index in [1.54, 1.807) is 11.3 Å². The Hall–Kier alpha value is -0.100. The van der Waals surface area contributed by atoms with E-state index >= 15 is 0 Å². The van der Waals surface area contributed by atoms with Crippen molar-refractivity contribution in [2.24, 2.45) is 5.73 Å². The summed E-state index contributed by atoms with van der Waals surface area (Å²) in [6.45, 7) is 1.91. The first kappa shape index (κ1) is 11.4. The Morgan fingerprint density at radius 1 is 1.40 bits per heavy atom. The quantitative estimate of drug-likeness (QED) is 0.880. The van der Waals surface area contributed by atoms with Crippen LogP contribution < -0.4 is 5.73 Å². The molecule has 15 heavy (non-hydrogen) atoms. The molecule has 0 bridgehead atoms. The zero-order valence-corrected chi connectivity index (χ0v) is 11.9. The van der Waals surface area contributed by atoms with Crippen molar-refractivity contribution < 1.29 is 4.42 Å². The molecule has 2 N–H and O–H groups in total. The fraction of sp³-hybridized carbons (Fsp3) is 0.200. The number of aryl methyl sites for hydroxylation is 1. The molecule has 0 spiro atoms. The van der Waals surface area contributed by atoms with Crippen LogP contribution in [0.2, 0.25) is 0 Å². The van der Waals surface area contributed by atoms with Crippen LogP contribution >= 0.6 is 43.2 Å². The third-order valence-electron chi connectivity index (χ3n) is 2.04. The second-order valence-electron chi connectivity index (χ2n) is 3.20. The predicted octanol–water partition coefficient (Wildman–Crippen LogP) is 4.22. The molecular formula is C10H9Br2NOS. The van der Waals surface area contributed by atoms with Gasteiger partial charge in [-0.2, -0.15) is 0 Å². The van der Waals surface area contributed by atoms with Gasteiger partial charge in [0.25, 0.3) is 0 Å². The maximum atomic E-state index is 6.09. The van der Waals surface area contributed by atoms with E-state index in [2.05, 4.69) is 31.9 Å². The van der Waals surface area contributed by atoms with Crippen LogP contribution in [0.3, 0.4) is 0 Å². The fourth-order valence-corrected chi connectivity index (χ4v) is 3.38. The van der Waals surface area contributed by atoms with E-state index < -0.39 is 0 Å². The van der Waals surface area contributed by atoms with E-state index in [1.807, 2.05) is 25.1 Å². The molecule has 0 aromatic carbocycles. The molecule has 1 atom stereocenters. The average Bonchev–Trinajstić information content (AvgIpc) is 2.74. The number of halogens is 2. The van der Waals surface area contributed by atoms with Crippen LogP contribution in [0.25, 0.3) is 0 Å². The largest absolute Gasteiger partial charge is 0.464 e. The van der Waals surface area contributed by atoms with Crippen LogP contribution in [0.5, 0.6) is 0 Å². The van der Waals surface area contributed by atoms with Gasteiger partial charge in [0.2, 0.25) is 0 Å². The van der Waals surface area contributed by atoms with E-state index in [0.717, 1.165) is 24.7 Å². The minimum absolute atomic E-state index is 0.189. The SMILES string of the molecule is Cc1ccc(C(N)c2cc(Br)c(Br)s2)o1. The minimum atomic E-state index is -0.189. The first-order chi connectivity index (χ1) is 7.08. The van der Waals surface area contributed by atoms with E-state index in [4.69, 9.17) is 10.2 Å². The molecule has 80 valence electrons. The molecule has 2 rings (SSSR count). The summed E-state index contributed by atoms with van der Waals surface area (Å²) in [4.78, 5) is 1.07. The molecule has 0 fully saturated rings. The number of thiophene rings is 1. The molecule has 0 saturated carbocycles. The van der Waals surface area contributed by atoms with Gasteiger partial charge in [0, 0.05) is 9.35 Å². The molecule has 0 saturated heterocycles. The van der Waals surface area contributed by atoms with E-state index in [-0.39, 0.29) is 6.04 Å². The first-order valence-corrected chi connectivity index (χ1v) is 6.75. The van der Waals surface area contributed by atoms with Crippen molar-refractivity contribution in [3.05, 3.63) is 42.9 Å². The van der Waals surface area contributed by atoms with Gasteiger partial charge in [-0.1, -0.05) is 0 Å². The number of hydrogen-bond acceptors (Lipinski definition) is 3. The lowest BCUT2D eigenvalue weighted by Gasteiger charge is -2.04. The van der Waals surface area contributed by atoms with Gasteiger partial charge in [-0.05, 0) is 57.0 Å². The summed E-state index contributed by atoms with van der Waals surface area (Å²) < 4.78 is 7.58. The highest BCUT2D eigenvalue weighted by atomic mass is 79.9. The zero-order chi connectivity index (χ0) is 11.0. The lowest BCUT2D eigenvalue weighted by Crippen LogP contribution is -2.08. The third-order valence-corrected chi connectivity index (χ3v) is 5.38. The molecule has 2 aromatic rings. The maximum absolute atomic E-state index is 6.09. The molecule has 0 radical (unpaired) electrons. The summed E-state index contributed by atoms with van der Waals surface area (Å²) in [5.41, 5.74) is 6.09. The standard InChI is InChI=1S/C10H9Br2NOS/c1-5-2-3-7(14-5)9(13)8-4-6(11)10(12)15-8/h2-4,9H,13H2,1H3. The fourth-order valence-electron chi connectivity index (χ4n) is 1.28. The number of hydrogen-bond donors (Lipinski definition) is 1. The molecular weight excluding hydrogens is 342 g/mol. The smallest absolute Gasteiger partial charge is 0.126 e. The van der Waals surface area contributed by atoms with E-state index in [1.165, 1.54) is 0 Å². The molecule has 0 aliphatic rings. The van der Waals surface area contributed by atoms with Crippen molar-refractivity contribution in [1.82, 2.24) is 0 Å². The normalized spacial score (nSPS) is 13.1. The number of nitrogens with two attached hydrogens (primary N) is 1. The third kappa shape index (κ3) is 2.36. The van der Waals surface area contributed by atoms with Crippen molar-refractivity contribution in [3.8, 4) is 0 Å². The van der Waals surface area contributed by atoms with Crippen LogP contribution in [0, 0.1) is 6.92 Å². The Morgan fingerprint density at radius 3 is 2.60 bits per heavy atom. The van der Waals surface area contributed by atoms with Crippen LogP contribution in [0.15, 0.2) is 30.9 Å². The second-order valence-corrected chi connectivity index (χ2v) is 6.45. The van der Waals surface area contributed by atoms with Crippen LogP contribution in [-0.4, -0.2) is 0 Å². The van der Waals surface area contributed by atoms with Crippen molar-refractivity contribution in [2.45, 2.75) is 13.0 Å². The highest BCUT2D eigenvalue weighted by Gasteiger charge is 2.16. The minimum Gasteiger partial charge on any atom is -0.464 e. The molecule has 2 aromatic heterocycles.